The van der Waals surface area contributed by atoms with Crippen LogP contribution in [0.25, 0.3) is 0 Å². The van der Waals surface area contributed by atoms with Crippen molar-refractivity contribution in [1.82, 2.24) is 5.32 Å². The first kappa shape index (κ1) is 21.1. The highest BCUT2D eigenvalue weighted by Crippen LogP contribution is 2.43. The number of ketones is 1. The van der Waals surface area contributed by atoms with Gasteiger partial charge in [0.25, 0.3) is 5.69 Å². The Kier molecular flexibility index (Phi) is 6.74. The minimum Gasteiger partial charge on any atom is -0.461 e. The second-order valence-corrected chi connectivity index (χ2v) is 8.34. The second-order valence-electron chi connectivity index (χ2n) is 6.95. The van der Waals surface area contributed by atoms with E-state index in [0.717, 1.165) is 17.9 Å². The summed E-state index contributed by atoms with van der Waals surface area (Å²) in [5.74, 6) is 0.436. The van der Waals surface area contributed by atoms with Crippen LogP contribution in [0.2, 0.25) is 0 Å². The first-order valence-corrected chi connectivity index (χ1v) is 10.8. The molecule has 1 aromatic rings. The third kappa shape index (κ3) is 4.53. The van der Waals surface area contributed by atoms with Gasteiger partial charge in [0.15, 0.2) is 5.78 Å². The molecule has 1 aliphatic carbocycles. The summed E-state index contributed by atoms with van der Waals surface area (Å²) >= 11 is 1.67. The summed E-state index contributed by atoms with van der Waals surface area (Å²) in [4.78, 5) is 36.6. The quantitative estimate of drug-likeness (QED) is 0.312. The molecule has 154 valence electrons. The van der Waals surface area contributed by atoms with Crippen molar-refractivity contribution in [2.45, 2.75) is 39.0 Å². The van der Waals surface area contributed by atoms with E-state index in [2.05, 4.69) is 5.32 Å². The molecule has 8 heteroatoms. The van der Waals surface area contributed by atoms with Gasteiger partial charge in [0, 0.05) is 47.2 Å². The number of esters is 1. The van der Waals surface area contributed by atoms with Crippen LogP contribution in [0.4, 0.5) is 5.69 Å². The van der Waals surface area contributed by atoms with E-state index in [4.69, 9.17) is 4.74 Å². The van der Waals surface area contributed by atoms with Gasteiger partial charge in [-0.3, -0.25) is 14.9 Å². The van der Waals surface area contributed by atoms with E-state index >= 15 is 0 Å². The molecule has 0 radical (unpaired) electrons. The Labute approximate surface area is 173 Å². The molecule has 0 spiro atoms. The Morgan fingerprint density at radius 1 is 1.38 bits per heavy atom. The van der Waals surface area contributed by atoms with Gasteiger partial charge in [-0.15, -0.1) is 0 Å². The van der Waals surface area contributed by atoms with Gasteiger partial charge in [-0.2, -0.15) is 11.8 Å². The fraction of sp³-hybridized carbons (Fsp3) is 0.429. The van der Waals surface area contributed by atoms with E-state index < -0.39 is 16.8 Å². The normalized spacial score (nSPS) is 19.0. The molecule has 1 atom stereocenters. The molecule has 0 fully saturated rings. The number of allylic oxidation sites excluding steroid dienone is 3. The summed E-state index contributed by atoms with van der Waals surface area (Å²) < 4.78 is 5.47. The number of hydrogen-bond acceptors (Lipinski definition) is 7. The molecule has 0 unspecified atom stereocenters. The van der Waals surface area contributed by atoms with Crippen molar-refractivity contribution >= 4 is 29.2 Å². The van der Waals surface area contributed by atoms with Crippen LogP contribution in [0.1, 0.15) is 44.6 Å². The van der Waals surface area contributed by atoms with Crippen molar-refractivity contribution in [2.24, 2.45) is 0 Å². The maximum absolute atomic E-state index is 13.0. The van der Waals surface area contributed by atoms with E-state index in [1.165, 1.54) is 12.1 Å². The summed E-state index contributed by atoms with van der Waals surface area (Å²) in [6.07, 6.45) is 1.85. The van der Waals surface area contributed by atoms with Gasteiger partial charge in [0.05, 0.1) is 10.5 Å². The highest BCUT2D eigenvalue weighted by Gasteiger charge is 2.39. The number of nitro benzene ring substituents is 1. The third-order valence-corrected chi connectivity index (χ3v) is 5.94. The van der Waals surface area contributed by atoms with E-state index in [1.807, 2.05) is 6.92 Å². The number of nitrogens with one attached hydrogen (secondary N) is 1. The number of ether oxygens (including phenoxy) is 1. The first-order chi connectivity index (χ1) is 13.9. The molecule has 29 heavy (non-hydrogen) atoms. The molecule has 0 saturated carbocycles. The van der Waals surface area contributed by atoms with Gasteiger partial charge in [-0.05, 0) is 31.1 Å². The highest BCUT2D eigenvalue weighted by atomic mass is 32.2. The number of carbonyl (C=O) groups is 2. The molecule has 0 bridgehead atoms. The lowest BCUT2D eigenvalue weighted by Gasteiger charge is -2.34. The number of rotatable bonds is 7. The molecule has 7 nitrogen and oxygen atoms in total. The average molecular weight is 416 g/mol. The molecule has 1 aliphatic heterocycles. The molecule has 1 heterocycles. The van der Waals surface area contributed by atoms with Crippen LogP contribution < -0.4 is 5.32 Å². The Morgan fingerprint density at radius 2 is 2.17 bits per heavy atom. The predicted molar refractivity (Wildman–Crippen MR) is 112 cm³/mol. The van der Waals surface area contributed by atoms with Crippen LogP contribution in [0.15, 0.2) is 46.8 Å². The molecular weight excluding hydrogens is 392 g/mol. The predicted octanol–water partition coefficient (Wildman–Crippen LogP) is 3.86. The summed E-state index contributed by atoms with van der Waals surface area (Å²) in [5.41, 5.74) is 2.78. The Balaban J connectivity index is 2.03. The summed E-state index contributed by atoms with van der Waals surface area (Å²) in [5, 5.41) is 14.5. The third-order valence-electron chi connectivity index (χ3n) is 5.08. The number of dihydropyridines is 1. The Morgan fingerprint density at radius 3 is 2.90 bits per heavy atom. The van der Waals surface area contributed by atoms with Crippen molar-refractivity contribution in [3.05, 3.63) is 62.5 Å². The minimum absolute atomic E-state index is 0.0328. The molecule has 1 aromatic carbocycles. The van der Waals surface area contributed by atoms with E-state index in [0.29, 0.717) is 41.0 Å². The van der Waals surface area contributed by atoms with Gasteiger partial charge in [0.2, 0.25) is 0 Å². The number of carbonyl (C=O) groups excluding carboxylic acids is 2. The molecule has 0 saturated heterocycles. The van der Waals surface area contributed by atoms with E-state index in [-0.39, 0.29) is 18.1 Å². The summed E-state index contributed by atoms with van der Waals surface area (Å²) in [6, 6.07) is 6.15. The molecule has 0 aromatic heterocycles. The average Bonchev–Trinajstić information content (AvgIpc) is 2.70. The van der Waals surface area contributed by atoms with Gasteiger partial charge < -0.3 is 10.1 Å². The maximum atomic E-state index is 13.0. The summed E-state index contributed by atoms with van der Waals surface area (Å²) in [6.45, 7) is 4.09. The zero-order valence-electron chi connectivity index (χ0n) is 16.5. The fourth-order valence-corrected chi connectivity index (χ4v) is 4.31. The fourth-order valence-electron chi connectivity index (χ4n) is 3.82. The van der Waals surface area contributed by atoms with Crippen LogP contribution in [0.5, 0.6) is 0 Å². The molecule has 0 amide bonds. The van der Waals surface area contributed by atoms with Crippen LogP contribution in [-0.2, 0) is 14.3 Å². The zero-order valence-corrected chi connectivity index (χ0v) is 17.3. The lowest BCUT2D eigenvalue weighted by Crippen LogP contribution is -2.34. The summed E-state index contributed by atoms with van der Waals surface area (Å²) in [7, 11) is 0. The number of non-ortho nitro benzene ring substituents is 1. The van der Waals surface area contributed by atoms with Gasteiger partial charge >= 0.3 is 5.97 Å². The van der Waals surface area contributed by atoms with Crippen LogP contribution in [0.3, 0.4) is 0 Å². The molecule has 1 N–H and O–H groups in total. The monoisotopic (exact) mass is 416 g/mol. The van der Waals surface area contributed by atoms with Crippen molar-refractivity contribution in [1.29, 1.82) is 0 Å². The highest BCUT2D eigenvalue weighted by molar-refractivity contribution is 7.99. The second kappa shape index (κ2) is 9.26. The van der Waals surface area contributed by atoms with Gasteiger partial charge in [-0.25, -0.2) is 4.79 Å². The number of Topliss-reactive ketones (excluding diaryl/α,β-unsaturated/α-hetero) is 1. The Bertz CT molecular complexity index is 906. The van der Waals surface area contributed by atoms with Crippen molar-refractivity contribution in [3.63, 3.8) is 0 Å². The smallest absolute Gasteiger partial charge is 0.336 e. The topological polar surface area (TPSA) is 98.5 Å². The lowest BCUT2D eigenvalue weighted by molar-refractivity contribution is -0.384. The minimum atomic E-state index is -0.662. The maximum Gasteiger partial charge on any atom is 0.336 e. The van der Waals surface area contributed by atoms with E-state index in [9.17, 15) is 19.7 Å². The number of hydrogen-bond donors (Lipinski definition) is 1. The van der Waals surface area contributed by atoms with Crippen LogP contribution in [-0.4, -0.2) is 34.8 Å². The molecule has 3 rings (SSSR count). The van der Waals surface area contributed by atoms with Crippen molar-refractivity contribution < 1.29 is 19.2 Å². The zero-order chi connectivity index (χ0) is 21.0. The van der Waals surface area contributed by atoms with Crippen molar-refractivity contribution in [3.8, 4) is 0 Å². The van der Waals surface area contributed by atoms with Crippen molar-refractivity contribution in [2.75, 3.05) is 18.1 Å². The number of nitro groups is 1. The van der Waals surface area contributed by atoms with Crippen LogP contribution in [0, 0.1) is 10.1 Å². The lowest BCUT2D eigenvalue weighted by atomic mass is 9.75. The number of nitrogens with zero attached hydrogens (tertiary/aromatic N) is 1. The standard InChI is InChI=1S/C21H24N2O5S/c1-3-29-11-10-28-21(25)18-13(2)22-16-8-5-9-17(24)20(16)19(18)14-6-4-7-15(12-14)23(26)27/h4,6-7,12,19,22H,3,5,8-11H2,1-2H3/t19-/m1/s1. The number of thioether (sulfide) groups is 1. The first-order valence-electron chi connectivity index (χ1n) is 9.67. The molecule has 2 aliphatic rings. The van der Waals surface area contributed by atoms with E-state index in [1.54, 1.807) is 30.8 Å². The largest absolute Gasteiger partial charge is 0.461 e. The van der Waals surface area contributed by atoms with Gasteiger partial charge in [0.1, 0.15) is 6.61 Å². The van der Waals surface area contributed by atoms with Crippen LogP contribution >= 0.6 is 11.8 Å². The number of benzene rings is 1. The SMILES string of the molecule is CCSCCOC(=O)C1=C(C)NC2=C(C(=O)CCC2)[C@@H]1c1cccc([N+](=O)[O-])c1. The molecular formula is C21H24N2O5S. The van der Waals surface area contributed by atoms with Gasteiger partial charge in [-0.1, -0.05) is 19.1 Å². The Hall–Kier alpha value is -2.61.